The van der Waals surface area contributed by atoms with Gasteiger partial charge in [-0.1, -0.05) is 6.92 Å². The van der Waals surface area contributed by atoms with Crippen molar-refractivity contribution in [3.63, 3.8) is 0 Å². The Morgan fingerprint density at radius 1 is 1.39 bits per heavy atom. The van der Waals surface area contributed by atoms with E-state index in [1.54, 1.807) is 0 Å². The Balaban J connectivity index is 1.72. The molecule has 2 N–H and O–H groups in total. The van der Waals surface area contributed by atoms with Crippen LogP contribution in [0.3, 0.4) is 0 Å². The standard InChI is InChI=1S/C16H29N3O3S/c1-3-18(10-15(20)21)14-7-13(8-14)17-16(22)19-6-4-5-12(9-19)11-23-2/h12-14H,3-11H2,1-2H3,(H,17,22)(H,20,21). The maximum atomic E-state index is 12.4. The van der Waals surface area contributed by atoms with E-state index >= 15 is 0 Å². The zero-order valence-corrected chi connectivity index (χ0v) is 15.0. The number of amides is 2. The van der Waals surface area contributed by atoms with Gasteiger partial charge < -0.3 is 15.3 Å². The first-order chi connectivity index (χ1) is 11.0. The van der Waals surface area contributed by atoms with Crippen molar-refractivity contribution in [2.45, 2.75) is 44.7 Å². The highest BCUT2D eigenvalue weighted by molar-refractivity contribution is 7.98. The number of thioether (sulfide) groups is 1. The molecule has 1 unspecified atom stereocenters. The Bertz CT molecular complexity index is 413. The van der Waals surface area contributed by atoms with Crippen LogP contribution in [0.5, 0.6) is 0 Å². The molecule has 0 aromatic carbocycles. The SMILES string of the molecule is CCN(CC(=O)O)C1CC(NC(=O)N2CCCC(CSC)C2)C1. The number of likely N-dealkylation sites (N-methyl/N-ethyl adjacent to an activating group) is 1. The average molecular weight is 343 g/mol. The first kappa shape index (κ1) is 18.4. The van der Waals surface area contributed by atoms with Crippen LogP contribution in [-0.4, -0.2) is 77.2 Å². The summed E-state index contributed by atoms with van der Waals surface area (Å²) in [4.78, 5) is 27.1. The maximum Gasteiger partial charge on any atom is 0.317 e. The van der Waals surface area contributed by atoms with E-state index < -0.39 is 5.97 Å². The zero-order valence-electron chi connectivity index (χ0n) is 14.2. The minimum absolute atomic E-state index is 0.0561. The lowest BCUT2D eigenvalue weighted by Crippen LogP contribution is -2.57. The predicted octanol–water partition coefficient (Wildman–Crippen LogP) is 1.71. The van der Waals surface area contributed by atoms with Crippen LogP contribution in [0.25, 0.3) is 0 Å². The summed E-state index contributed by atoms with van der Waals surface area (Å²) in [7, 11) is 0. The number of hydrogen-bond acceptors (Lipinski definition) is 4. The molecule has 0 spiro atoms. The van der Waals surface area contributed by atoms with Gasteiger partial charge in [-0.25, -0.2) is 4.79 Å². The number of carbonyl (C=O) groups is 2. The number of nitrogens with one attached hydrogen (secondary N) is 1. The van der Waals surface area contributed by atoms with E-state index in [1.807, 2.05) is 28.5 Å². The first-order valence-corrected chi connectivity index (χ1v) is 9.93. The molecule has 1 atom stereocenters. The van der Waals surface area contributed by atoms with Gasteiger partial charge in [-0.2, -0.15) is 11.8 Å². The third kappa shape index (κ3) is 5.28. The Morgan fingerprint density at radius 2 is 2.13 bits per heavy atom. The molecule has 1 saturated heterocycles. The second-order valence-electron chi connectivity index (χ2n) is 6.64. The summed E-state index contributed by atoms with van der Waals surface area (Å²) in [5.41, 5.74) is 0. The topological polar surface area (TPSA) is 72.9 Å². The molecule has 132 valence electrons. The summed E-state index contributed by atoms with van der Waals surface area (Å²) >= 11 is 1.85. The van der Waals surface area contributed by atoms with Crippen LogP contribution in [0.15, 0.2) is 0 Å². The number of likely N-dealkylation sites (tertiary alicyclic amines) is 1. The van der Waals surface area contributed by atoms with Gasteiger partial charge >= 0.3 is 12.0 Å². The number of nitrogens with zero attached hydrogens (tertiary/aromatic N) is 2. The lowest BCUT2D eigenvalue weighted by molar-refractivity contribution is -0.139. The molecular formula is C16H29N3O3S. The van der Waals surface area contributed by atoms with Crippen molar-refractivity contribution in [2.24, 2.45) is 5.92 Å². The number of urea groups is 1. The molecule has 0 aromatic rings. The van der Waals surface area contributed by atoms with E-state index in [4.69, 9.17) is 5.11 Å². The van der Waals surface area contributed by atoms with Gasteiger partial charge in [0.05, 0.1) is 6.54 Å². The average Bonchev–Trinajstić information content (AvgIpc) is 2.48. The first-order valence-electron chi connectivity index (χ1n) is 8.53. The van der Waals surface area contributed by atoms with E-state index in [9.17, 15) is 9.59 Å². The number of rotatable bonds is 7. The molecule has 6 nitrogen and oxygen atoms in total. The fourth-order valence-corrected chi connectivity index (χ4v) is 4.31. The monoisotopic (exact) mass is 343 g/mol. The van der Waals surface area contributed by atoms with E-state index in [-0.39, 0.29) is 24.7 Å². The van der Waals surface area contributed by atoms with Gasteiger partial charge in [0.1, 0.15) is 0 Å². The predicted molar refractivity (Wildman–Crippen MR) is 92.9 cm³/mol. The van der Waals surface area contributed by atoms with Gasteiger partial charge in [0, 0.05) is 25.2 Å². The van der Waals surface area contributed by atoms with E-state index in [0.717, 1.165) is 44.6 Å². The van der Waals surface area contributed by atoms with Crippen molar-refractivity contribution in [1.29, 1.82) is 0 Å². The Hall–Kier alpha value is -0.950. The second-order valence-corrected chi connectivity index (χ2v) is 7.55. The third-order valence-corrected chi connectivity index (χ3v) is 5.72. The highest BCUT2D eigenvalue weighted by atomic mass is 32.2. The Morgan fingerprint density at radius 3 is 2.74 bits per heavy atom. The highest BCUT2D eigenvalue weighted by Crippen LogP contribution is 2.26. The quantitative estimate of drug-likeness (QED) is 0.736. The van der Waals surface area contributed by atoms with Gasteiger partial charge in [-0.15, -0.1) is 0 Å². The number of carboxylic acid groups (broad SMARTS) is 1. The van der Waals surface area contributed by atoms with Crippen LogP contribution < -0.4 is 5.32 Å². The second kappa shape index (κ2) is 8.78. The van der Waals surface area contributed by atoms with Gasteiger partial charge in [0.25, 0.3) is 0 Å². The third-order valence-electron chi connectivity index (χ3n) is 4.91. The summed E-state index contributed by atoms with van der Waals surface area (Å²) in [5.74, 6) is 0.952. The molecule has 2 rings (SSSR count). The largest absolute Gasteiger partial charge is 0.480 e. The lowest BCUT2D eigenvalue weighted by atomic mass is 9.85. The van der Waals surface area contributed by atoms with Gasteiger partial charge in [-0.3, -0.25) is 9.69 Å². The molecule has 1 aliphatic heterocycles. The van der Waals surface area contributed by atoms with Crippen LogP contribution >= 0.6 is 11.8 Å². The Labute approximate surface area is 143 Å². The van der Waals surface area contributed by atoms with Crippen LogP contribution in [0, 0.1) is 5.92 Å². The number of carbonyl (C=O) groups excluding carboxylic acids is 1. The van der Waals surface area contributed by atoms with Crippen LogP contribution in [0.4, 0.5) is 4.79 Å². The highest BCUT2D eigenvalue weighted by Gasteiger charge is 2.35. The van der Waals surface area contributed by atoms with E-state index in [1.165, 1.54) is 6.42 Å². The molecule has 0 aromatic heterocycles. The van der Waals surface area contributed by atoms with Gasteiger partial charge in [0.2, 0.25) is 0 Å². The molecule has 1 aliphatic carbocycles. The summed E-state index contributed by atoms with van der Waals surface area (Å²) in [6, 6.07) is 0.531. The number of piperidine rings is 1. The number of aliphatic carboxylic acids is 1. The molecule has 2 aliphatic rings. The van der Waals surface area contributed by atoms with Crippen molar-refractivity contribution in [2.75, 3.05) is 38.2 Å². The zero-order chi connectivity index (χ0) is 16.8. The van der Waals surface area contributed by atoms with E-state index in [0.29, 0.717) is 5.92 Å². The van der Waals surface area contributed by atoms with Crippen molar-refractivity contribution >= 4 is 23.8 Å². The van der Waals surface area contributed by atoms with Crippen LogP contribution in [0.1, 0.15) is 32.6 Å². The van der Waals surface area contributed by atoms with Crippen molar-refractivity contribution < 1.29 is 14.7 Å². The van der Waals surface area contributed by atoms with Gasteiger partial charge in [-0.05, 0) is 50.2 Å². The van der Waals surface area contributed by atoms with Crippen molar-refractivity contribution in [3.8, 4) is 0 Å². The van der Waals surface area contributed by atoms with Crippen LogP contribution in [0.2, 0.25) is 0 Å². The number of hydrogen-bond donors (Lipinski definition) is 2. The summed E-state index contributed by atoms with van der Waals surface area (Å²) < 4.78 is 0. The normalized spacial score (nSPS) is 27.6. The van der Waals surface area contributed by atoms with Crippen LogP contribution in [-0.2, 0) is 4.79 Å². The fourth-order valence-electron chi connectivity index (χ4n) is 3.56. The fraction of sp³-hybridized carbons (Fsp3) is 0.875. The molecule has 2 amide bonds. The molecule has 0 radical (unpaired) electrons. The smallest absolute Gasteiger partial charge is 0.317 e. The van der Waals surface area contributed by atoms with Crippen molar-refractivity contribution in [1.82, 2.24) is 15.1 Å². The molecular weight excluding hydrogens is 314 g/mol. The molecule has 1 saturated carbocycles. The summed E-state index contributed by atoms with van der Waals surface area (Å²) in [6.45, 7) is 4.52. The molecule has 23 heavy (non-hydrogen) atoms. The maximum absolute atomic E-state index is 12.4. The molecule has 7 heteroatoms. The minimum atomic E-state index is -0.785. The summed E-state index contributed by atoms with van der Waals surface area (Å²) in [5, 5.41) is 12.0. The summed E-state index contributed by atoms with van der Waals surface area (Å²) in [6.07, 6.45) is 6.14. The van der Waals surface area contributed by atoms with Crippen molar-refractivity contribution in [3.05, 3.63) is 0 Å². The Kier molecular flexibility index (Phi) is 7.02. The molecule has 1 heterocycles. The number of carboxylic acids is 1. The minimum Gasteiger partial charge on any atom is -0.480 e. The lowest BCUT2D eigenvalue weighted by Gasteiger charge is -2.43. The molecule has 0 bridgehead atoms. The van der Waals surface area contributed by atoms with Gasteiger partial charge in [0.15, 0.2) is 0 Å². The molecule has 2 fully saturated rings. The van der Waals surface area contributed by atoms with E-state index in [2.05, 4.69) is 11.6 Å².